The number of nitrogens with zero attached hydrogens (tertiary/aromatic N) is 4. The van der Waals surface area contributed by atoms with Crippen molar-refractivity contribution in [2.24, 2.45) is 0 Å². The number of anilines is 2. The van der Waals surface area contributed by atoms with Crippen LogP contribution in [0.5, 0.6) is 0 Å². The Morgan fingerprint density at radius 1 is 1.17 bits per heavy atom. The summed E-state index contributed by atoms with van der Waals surface area (Å²) < 4.78 is 0. The molecule has 2 rings (SSSR count). The molecule has 1 aliphatic heterocycles. The van der Waals surface area contributed by atoms with Gasteiger partial charge in [-0.1, -0.05) is 31.5 Å². The largest absolute Gasteiger partial charge is 0.368 e. The predicted molar refractivity (Wildman–Crippen MR) is 75.9 cm³/mol. The van der Waals surface area contributed by atoms with Gasteiger partial charge >= 0.3 is 0 Å². The van der Waals surface area contributed by atoms with Crippen LogP contribution < -0.4 is 10.6 Å². The van der Waals surface area contributed by atoms with Crippen molar-refractivity contribution in [3.8, 4) is 0 Å². The van der Waals surface area contributed by atoms with Crippen LogP contribution >= 0.6 is 11.8 Å². The molecule has 0 aromatic carbocycles. The first-order valence-electron chi connectivity index (χ1n) is 6.69. The Kier molecular flexibility index (Phi) is 5.04. The summed E-state index contributed by atoms with van der Waals surface area (Å²) in [5, 5.41) is 0.764. The summed E-state index contributed by atoms with van der Waals surface area (Å²) in [4.78, 5) is 15.1. The highest BCUT2D eigenvalue weighted by Gasteiger charge is 2.16. The van der Waals surface area contributed by atoms with Crippen LogP contribution in [-0.2, 0) is 0 Å². The topological polar surface area (TPSA) is 67.9 Å². The van der Waals surface area contributed by atoms with E-state index in [4.69, 9.17) is 5.73 Å². The molecular formula is C12H21N5S. The minimum absolute atomic E-state index is 0.338. The SMILES string of the molecule is CCCCCSc1nc(N)nc(N2CCCC2)n1. The lowest BCUT2D eigenvalue weighted by molar-refractivity contribution is 0.775. The molecule has 0 spiro atoms. The molecule has 0 amide bonds. The van der Waals surface area contributed by atoms with E-state index in [0.717, 1.165) is 29.9 Å². The van der Waals surface area contributed by atoms with Gasteiger partial charge in [-0.05, 0) is 19.3 Å². The second kappa shape index (κ2) is 6.78. The van der Waals surface area contributed by atoms with Crippen LogP contribution in [0.25, 0.3) is 0 Å². The number of rotatable bonds is 6. The van der Waals surface area contributed by atoms with E-state index in [1.54, 1.807) is 11.8 Å². The third-order valence-electron chi connectivity index (χ3n) is 2.99. The molecule has 0 unspecified atom stereocenters. The summed E-state index contributed by atoms with van der Waals surface area (Å²) in [5.41, 5.74) is 5.76. The Morgan fingerprint density at radius 3 is 2.67 bits per heavy atom. The van der Waals surface area contributed by atoms with E-state index >= 15 is 0 Å². The molecule has 0 atom stereocenters. The first-order chi connectivity index (χ1) is 8.79. The summed E-state index contributed by atoms with van der Waals surface area (Å²) in [5.74, 6) is 2.14. The minimum Gasteiger partial charge on any atom is -0.368 e. The van der Waals surface area contributed by atoms with Crippen LogP contribution in [0.3, 0.4) is 0 Å². The van der Waals surface area contributed by atoms with Crippen LogP contribution in [0.15, 0.2) is 5.16 Å². The van der Waals surface area contributed by atoms with Gasteiger partial charge in [-0.2, -0.15) is 15.0 Å². The number of nitrogens with two attached hydrogens (primary N) is 1. The van der Waals surface area contributed by atoms with Gasteiger partial charge in [0.2, 0.25) is 11.9 Å². The normalized spacial score (nSPS) is 15.3. The molecule has 1 aromatic rings. The smallest absolute Gasteiger partial charge is 0.231 e. The quantitative estimate of drug-likeness (QED) is 0.630. The summed E-state index contributed by atoms with van der Waals surface area (Å²) in [7, 11) is 0. The molecule has 100 valence electrons. The van der Waals surface area contributed by atoms with E-state index in [9.17, 15) is 0 Å². The third-order valence-corrected chi connectivity index (χ3v) is 3.92. The molecule has 1 fully saturated rings. The highest BCUT2D eigenvalue weighted by Crippen LogP contribution is 2.21. The van der Waals surface area contributed by atoms with E-state index in [-0.39, 0.29) is 0 Å². The van der Waals surface area contributed by atoms with Gasteiger partial charge in [0.15, 0.2) is 5.16 Å². The van der Waals surface area contributed by atoms with E-state index in [0.29, 0.717) is 5.95 Å². The molecule has 1 saturated heterocycles. The summed E-state index contributed by atoms with van der Waals surface area (Å²) in [6, 6.07) is 0. The molecule has 18 heavy (non-hydrogen) atoms. The van der Waals surface area contributed by atoms with Crippen LogP contribution in [0.4, 0.5) is 11.9 Å². The summed E-state index contributed by atoms with van der Waals surface area (Å²) in [6.07, 6.45) is 6.12. The Bertz CT molecular complexity index is 379. The van der Waals surface area contributed by atoms with E-state index in [1.807, 2.05) is 0 Å². The van der Waals surface area contributed by atoms with Gasteiger partial charge in [0, 0.05) is 18.8 Å². The molecule has 0 bridgehead atoms. The fourth-order valence-corrected chi connectivity index (χ4v) is 2.83. The zero-order valence-corrected chi connectivity index (χ0v) is 11.7. The molecule has 2 N–H and O–H groups in total. The van der Waals surface area contributed by atoms with Gasteiger partial charge in [0.1, 0.15) is 0 Å². The second-order valence-corrected chi connectivity index (χ2v) is 5.59. The number of hydrogen-bond acceptors (Lipinski definition) is 6. The van der Waals surface area contributed by atoms with E-state index < -0.39 is 0 Å². The van der Waals surface area contributed by atoms with Crippen molar-refractivity contribution < 1.29 is 0 Å². The molecule has 1 aromatic heterocycles. The Morgan fingerprint density at radius 2 is 1.94 bits per heavy atom. The second-order valence-electron chi connectivity index (χ2n) is 4.53. The van der Waals surface area contributed by atoms with E-state index in [1.165, 1.54) is 32.1 Å². The molecule has 2 heterocycles. The molecule has 0 radical (unpaired) electrons. The number of thioether (sulfide) groups is 1. The van der Waals surface area contributed by atoms with Gasteiger partial charge in [-0.3, -0.25) is 0 Å². The first kappa shape index (κ1) is 13.4. The third kappa shape index (κ3) is 3.73. The van der Waals surface area contributed by atoms with Crippen LogP contribution in [0.1, 0.15) is 39.0 Å². The van der Waals surface area contributed by atoms with Crippen molar-refractivity contribution in [1.82, 2.24) is 15.0 Å². The van der Waals surface area contributed by atoms with Gasteiger partial charge in [0.05, 0.1) is 0 Å². The predicted octanol–water partition coefficient (Wildman–Crippen LogP) is 2.34. The van der Waals surface area contributed by atoms with Gasteiger partial charge in [-0.15, -0.1) is 0 Å². The lowest BCUT2D eigenvalue weighted by Gasteiger charge is -2.15. The molecular weight excluding hydrogens is 246 g/mol. The first-order valence-corrected chi connectivity index (χ1v) is 7.67. The van der Waals surface area contributed by atoms with Crippen molar-refractivity contribution in [1.29, 1.82) is 0 Å². The Balaban J connectivity index is 1.97. The van der Waals surface area contributed by atoms with Crippen molar-refractivity contribution in [3.05, 3.63) is 0 Å². The number of aromatic nitrogens is 3. The van der Waals surface area contributed by atoms with Crippen molar-refractivity contribution in [3.63, 3.8) is 0 Å². The maximum atomic E-state index is 5.76. The standard InChI is InChI=1S/C12H21N5S/c1-2-3-6-9-18-12-15-10(13)14-11(16-12)17-7-4-5-8-17/h2-9H2,1H3,(H2,13,14,15,16). The lowest BCUT2D eigenvalue weighted by Crippen LogP contribution is -2.21. The van der Waals surface area contributed by atoms with Crippen molar-refractivity contribution in [2.75, 3.05) is 29.5 Å². The van der Waals surface area contributed by atoms with Crippen molar-refractivity contribution in [2.45, 2.75) is 44.2 Å². The van der Waals surface area contributed by atoms with E-state index in [2.05, 4.69) is 26.8 Å². The average Bonchev–Trinajstić information content (AvgIpc) is 2.88. The highest BCUT2D eigenvalue weighted by atomic mass is 32.2. The van der Waals surface area contributed by atoms with Crippen LogP contribution in [-0.4, -0.2) is 33.8 Å². The number of unbranched alkanes of at least 4 members (excludes halogenated alkanes) is 2. The zero-order valence-electron chi connectivity index (χ0n) is 10.9. The van der Waals surface area contributed by atoms with Crippen LogP contribution in [0, 0.1) is 0 Å². The summed E-state index contributed by atoms with van der Waals surface area (Å²) in [6.45, 7) is 4.27. The maximum absolute atomic E-state index is 5.76. The van der Waals surface area contributed by atoms with Gasteiger partial charge in [-0.25, -0.2) is 0 Å². The lowest BCUT2D eigenvalue weighted by atomic mass is 10.3. The minimum atomic E-state index is 0.338. The fraction of sp³-hybridized carbons (Fsp3) is 0.750. The molecule has 6 heteroatoms. The molecule has 5 nitrogen and oxygen atoms in total. The highest BCUT2D eigenvalue weighted by molar-refractivity contribution is 7.99. The zero-order chi connectivity index (χ0) is 12.8. The molecule has 0 aliphatic carbocycles. The maximum Gasteiger partial charge on any atom is 0.231 e. The van der Waals surface area contributed by atoms with Crippen molar-refractivity contribution >= 4 is 23.7 Å². The molecule has 0 saturated carbocycles. The van der Waals surface area contributed by atoms with Gasteiger partial charge in [0.25, 0.3) is 0 Å². The summed E-state index contributed by atoms with van der Waals surface area (Å²) >= 11 is 1.68. The number of nitrogen functional groups attached to an aromatic ring is 1. The monoisotopic (exact) mass is 267 g/mol. The number of hydrogen-bond donors (Lipinski definition) is 1. The molecule has 1 aliphatic rings. The van der Waals surface area contributed by atoms with Gasteiger partial charge < -0.3 is 10.6 Å². The fourth-order valence-electron chi connectivity index (χ4n) is 2.00. The Labute approximate surface area is 113 Å². The average molecular weight is 267 g/mol. The van der Waals surface area contributed by atoms with Crippen LogP contribution in [0.2, 0.25) is 0 Å². The Hall–Kier alpha value is -1.04.